The van der Waals surface area contributed by atoms with Gasteiger partial charge in [-0.3, -0.25) is 4.79 Å². The first kappa shape index (κ1) is 8.92. The molecule has 0 aliphatic rings. The number of nitrogens with two attached hydrogens (primary N) is 1. The highest BCUT2D eigenvalue weighted by atomic mass is 32.1. The number of hydrogen-bond donors (Lipinski definition) is 2. The van der Waals surface area contributed by atoms with Crippen LogP contribution in [0.3, 0.4) is 0 Å². The number of carbonyl (C=O) groups is 1. The number of nitrogens with zero attached hydrogens (tertiary/aromatic N) is 2. The molecule has 6 heteroatoms. The van der Waals surface area contributed by atoms with E-state index in [1.807, 2.05) is 0 Å². The lowest BCUT2D eigenvalue weighted by Gasteiger charge is -2.20. The Morgan fingerprint density at radius 2 is 2.42 bits per heavy atom. The van der Waals surface area contributed by atoms with Crippen molar-refractivity contribution < 1.29 is 4.79 Å². The normalized spacial score (nSPS) is 11.2. The SMILES string of the molecule is CC(C)(Nc1ncns1)C(N)=O. The third kappa shape index (κ3) is 1.91. The minimum Gasteiger partial charge on any atom is -0.368 e. The highest BCUT2D eigenvalue weighted by Crippen LogP contribution is 2.14. The summed E-state index contributed by atoms with van der Waals surface area (Å²) in [5, 5.41) is 3.46. The van der Waals surface area contributed by atoms with Gasteiger partial charge >= 0.3 is 0 Å². The largest absolute Gasteiger partial charge is 0.368 e. The predicted molar refractivity (Wildman–Crippen MR) is 46.8 cm³/mol. The Kier molecular flexibility index (Phi) is 2.27. The predicted octanol–water partition coefficient (Wildman–Crippen LogP) is 0.214. The fourth-order valence-corrected chi connectivity index (χ4v) is 1.15. The van der Waals surface area contributed by atoms with E-state index in [-0.39, 0.29) is 0 Å². The lowest BCUT2D eigenvalue weighted by atomic mass is 10.1. The summed E-state index contributed by atoms with van der Waals surface area (Å²) in [4.78, 5) is 14.7. The van der Waals surface area contributed by atoms with Crippen LogP contribution in [-0.4, -0.2) is 20.8 Å². The number of anilines is 1. The molecule has 1 rings (SSSR count). The van der Waals surface area contributed by atoms with Crippen molar-refractivity contribution in [2.75, 3.05) is 5.32 Å². The fraction of sp³-hybridized carbons (Fsp3) is 0.500. The van der Waals surface area contributed by atoms with E-state index >= 15 is 0 Å². The molecule has 1 amide bonds. The van der Waals surface area contributed by atoms with E-state index in [0.717, 1.165) is 0 Å². The number of primary amides is 1. The average Bonchev–Trinajstić information content (AvgIpc) is 2.38. The summed E-state index contributed by atoms with van der Waals surface area (Å²) in [6.45, 7) is 3.38. The van der Waals surface area contributed by atoms with E-state index in [1.165, 1.54) is 17.9 Å². The molecule has 0 spiro atoms. The first-order valence-corrected chi connectivity index (χ1v) is 4.14. The molecule has 0 aliphatic heterocycles. The maximum absolute atomic E-state index is 10.9. The lowest BCUT2D eigenvalue weighted by molar-refractivity contribution is -0.121. The van der Waals surface area contributed by atoms with Crippen molar-refractivity contribution in [2.24, 2.45) is 5.73 Å². The summed E-state index contributed by atoms with van der Waals surface area (Å²) >= 11 is 1.19. The monoisotopic (exact) mass is 186 g/mol. The molecule has 0 atom stereocenters. The van der Waals surface area contributed by atoms with Crippen LogP contribution in [0, 0.1) is 0 Å². The quantitative estimate of drug-likeness (QED) is 0.707. The maximum Gasteiger partial charge on any atom is 0.242 e. The maximum atomic E-state index is 10.9. The molecule has 66 valence electrons. The third-order valence-electron chi connectivity index (χ3n) is 1.40. The van der Waals surface area contributed by atoms with Crippen LogP contribution in [0.1, 0.15) is 13.8 Å². The van der Waals surface area contributed by atoms with E-state index < -0.39 is 11.4 Å². The van der Waals surface area contributed by atoms with Crippen LogP contribution in [0.2, 0.25) is 0 Å². The molecule has 0 aromatic carbocycles. The molecule has 12 heavy (non-hydrogen) atoms. The molecule has 0 aliphatic carbocycles. The van der Waals surface area contributed by atoms with E-state index in [4.69, 9.17) is 5.73 Å². The van der Waals surface area contributed by atoms with Crippen LogP contribution >= 0.6 is 11.5 Å². The lowest BCUT2D eigenvalue weighted by Crippen LogP contribution is -2.44. The molecule has 0 unspecified atom stereocenters. The summed E-state index contributed by atoms with van der Waals surface area (Å²) in [6.07, 6.45) is 1.42. The molecular formula is C6H10N4OS. The Bertz CT molecular complexity index is 269. The fourth-order valence-electron chi connectivity index (χ4n) is 0.557. The van der Waals surface area contributed by atoms with Crippen LogP contribution in [0.5, 0.6) is 0 Å². The van der Waals surface area contributed by atoms with Gasteiger partial charge in [0.15, 0.2) is 0 Å². The second-order valence-electron chi connectivity index (χ2n) is 2.86. The molecular weight excluding hydrogens is 176 g/mol. The number of carbonyl (C=O) groups excluding carboxylic acids is 1. The zero-order chi connectivity index (χ0) is 9.19. The van der Waals surface area contributed by atoms with Gasteiger partial charge in [0.25, 0.3) is 0 Å². The zero-order valence-electron chi connectivity index (χ0n) is 6.87. The van der Waals surface area contributed by atoms with E-state index in [1.54, 1.807) is 13.8 Å². The molecule has 0 radical (unpaired) electrons. The van der Waals surface area contributed by atoms with Crippen molar-refractivity contribution in [1.82, 2.24) is 9.36 Å². The minimum absolute atomic E-state index is 0.419. The van der Waals surface area contributed by atoms with Crippen LogP contribution in [0.4, 0.5) is 5.13 Å². The summed E-state index contributed by atoms with van der Waals surface area (Å²) in [5.41, 5.74) is 4.36. The molecule has 1 aromatic rings. The van der Waals surface area contributed by atoms with E-state index in [2.05, 4.69) is 14.7 Å². The number of nitrogens with one attached hydrogen (secondary N) is 1. The van der Waals surface area contributed by atoms with Crippen molar-refractivity contribution >= 4 is 22.6 Å². The molecule has 0 fully saturated rings. The molecule has 0 bridgehead atoms. The number of aromatic nitrogens is 2. The molecule has 0 saturated carbocycles. The standard InChI is InChI=1S/C6H10N4OS/c1-6(2,4(7)11)10-5-8-3-9-12-5/h3H,1-2H3,(H2,7,11)(H,8,9,10). The zero-order valence-corrected chi connectivity index (χ0v) is 7.68. The number of amides is 1. The van der Waals surface area contributed by atoms with Gasteiger partial charge in [-0.1, -0.05) is 0 Å². The number of hydrogen-bond acceptors (Lipinski definition) is 5. The van der Waals surface area contributed by atoms with Gasteiger partial charge in [0.1, 0.15) is 11.9 Å². The molecule has 1 aromatic heterocycles. The van der Waals surface area contributed by atoms with Crippen LogP contribution in [0.15, 0.2) is 6.33 Å². The minimum atomic E-state index is -0.778. The Hall–Kier alpha value is -1.17. The van der Waals surface area contributed by atoms with Gasteiger partial charge in [-0.15, -0.1) is 0 Å². The smallest absolute Gasteiger partial charge is 0.242 e. The Morgan fingerprint density at radius 3 is 2.83 bits per heavy atom. The molecule has 0 saturated heterocycles. The van der Waals surface area contributed by atoms with Crippen LogP contribution < -0.4 is 11.1 Å². The Balaban J connectivity index is 2.69. The molecule has 1 heterocycles. The van der Waals surface area contributed by atoms with E-state index in [0.29, 0.717) is 5.13 Å². The van der Waals surface area contributed by atoms with Crippen molar-refractivity contribution in [3.8, 4) is 0 Å². The Labute approximate surface area is 74.2 Å². The van der Waals surface area contributed by atoms with Gasteiger partial charge < -0.3 is 11.1 Å². The summed E-state index contributed by atoms with van der Waals surface area (Å²) in [7, 11) is 0. The number of rotatable bonds is 3. The van der Waals surface area contributed by atoms with Gasteiger partial charge in [-0.2, -0.15) is 4.37 Å². The molecule has 5 nitrogen and oxygen atoms in total. The summed E-state index contributed by atoms with van der Waals surface area (Å²) < 4.78 is 3.78. The average molecular weight is 186 g/mol. The highest BCUT2D eigenvalue weighted by molar-refractivity contribution is 7.09. The summed E-state index contributed by atoms with van der Waals surface area (Å²) in [5.74, 6) is -0.419. The van der Waals surface area contributed by atoms with Gasteiger partial charge in [0, 0.05) is 11.5 Å². The van der Waals surface area contributed by atoms with Crippen molar-refractivity contribution in [2.45, 2.75) is 19.4 Å². The third-order valence-corrected chi connectivity index (χ3v) is 1.98. The second-order valence-corrected chi connectivity index (χ2v) is 3.64. The first-order chi connectivity index (χ1) is 5.52. The van der Waals surface area contributed by atoms with Crippen LogP contribution in [0.25, 0.3) is 0 Å². The van der Waals surface area contributed by atoms with Crippen molar-refractivity contribution in [3.05, 3.63) is 6.33 Å². The van der Waals surface area contributed by atoms with Gasteiger partial charge in [0.2, 0.25) is 11.0 Å². The van der Waals surface area contributed by atoms with Gasteiger partial charge in [0.05, 0.1) is 0 Å². The first-order valence-electron chi connectivity index (χ1n) is 3.37. The van der Waals surface area contributed by atoms with Crippen LogP contribution in [-0.2, 0) is 4.79 Å². The summed E-state index contributed by atoms with van der Waals surface area (Å²) in [6, 6.07) is 0. The van der Waals surface area contributed by atoms with E-state index in [9.17, 15) is 4.79 Å². The topological polar surface area (TPSA) is 80.9 Å². The van der Waals surface area contributed by atoms with Crippen molar-refractivity contribution in [1.29, 1.82) is 0 Å². The van der Waals surface area contributed by atoms with Gasteiger partial charge in [-0.25, -0.2) is 4.98 Å². The second kappa shape index (κ2) is 3.06. The molecule has 3 N–H and O–H groups in total. The Morgan fingerprint density at radius 1 is 1.75 bits per heavy atom. The van der Waals surface area contributed by atoms with Crippen molar-refractivity contribution in [3.63, 3.8) is 0 Å². The van der Waals surface area contributed by atoms with Gasteiger partial charge in [-0.05, 0) is 13.8 Å². The highest BCUT2D eigenvalue weighted by Gasteiger charge is 2.25.